The lowest BCUT2D eigenvalue weighted by Crippen LogP contribution is -2.24. The standard InChI is InChI=1S/C22H17ClN4O2S/c1-14(28)27(17-6-7-20-19(12-17)25-13-30-20)21-11-16(8-9-24-21)26-22(29)10-15-4-2-3-5-18(15)23/h2-9,11-13H,10H2,1H3,(H,24,26,29). The number of carbonyl (C=O) groups excluding carboxylic acids is 2. The van der Waals surface area contributed by atoms with Crippen molar-refractivity contribution in [3.8, 4) is 0 Å². The maximum absolute atomic E-state index is 12.5. The van der Waals surface area contributed by atoms with Gasteiger partial charge in [0.05, 0.1) is 27.8 Å². The molecule has 1 N–H and O–H groups in total. The van der Waals surface area contributed by atoms with Crippen molar-refractivity contribution in [3.63, 3.8) is 0 Å². The molecule has 0 unspecified atom stereocenters. The predicted octanol–water partition coefficient (Wildman–Crippen LogP) is 5.21. The van der Waals surface area contributed by atoms with Crippen LogP contribution in [0.15, 0.2) is 66.3 Å². The summed E-state index contributed by atoms with van der Waals surface area (Å²) in [6.07, 6.45) is 1.70. The highest BCUT2D eigenvalue weighted by Gasteiger charge is 2.17. The molecular weight excluding hydrogens is 420 g/mol. The fourth-order valence-electron chi connectivity index (χ4n) is 3.10. The van der Waals surface area contributed by atoms with Gasteiger partial charge in [0.2, 0.25) is 11.8 Å². The summed E-state index contributed by atoms with van der Waals surface area (Å²) in [5, 5.41) is 3.39. The van der Waals surface area contributed by atoms with Gasteiger partial charge in [0, 0.05) is 29.9 Å². The van der Waals surface area contributed by atoms with Crippen molar-refractivity contribution >= 4 is 62.2 Å². The van der Waals surface area contributed by atoms with Gasteiger partial charge in [0.25, 0.3) is 0 Å². The molecule has 0 saturated carbocycles. The number of nitrogens with zero attached hydrogens (tertiary/aromatic N) is 3. The van der Waals surface area contributed by atoms with Crippen LogP contribution in [0.3, 0.4) is 0 Å². The van der Waals surface area contributed by atoms with E-state index in [0.29, 0.717) is 22.2 Å². The second-order valence-electron chi connectivity index (χ2n) is 6.58. The van der Waals surface area contributed by atoms with Crippen LogP contribution in [0.25, 0.3) is 10.2 Å². The van der Waals surface area contributed by atoms with Gasteiger partial charge in [-0.2, -0.15) is 0 Å². The van der Waals surface area contributed by atoms with Crippen LogP contribution in [0.1, 0.15) is 12.5 Å². The number of halogens is 1. The minimum absolute atomic E-state index is 0.147. The third kappa shape index (κ3) is 4.32. The normalized spacial score (nSPS) is 10.7. The summed E-state index contributed by atoms with van der Waals surface area (Å²) >= 11 is 7.67. The van der Waals surface area contributed by atoms with E-state index < -0.39 is 0 Å². The molecule has 4 rings (SSSR count). The average molecular weight is 437 g/mol. The number of nitrogens with one attached hydrogen (secondary N) is 1. The van der Waals surface area contributed by atoms with E-state index in [1.54, 1.807) is 29.9 Å². The molecule has 150 valence electrons. The summed E-state index contributed by atoms with van der Waals surface area (Å²) in [5.41, 5.74) is 4.52. The first-order valence-electron chi connectivity index (χ1n) is 9.14. The Balaban J connectivity index is 1.58. The molecule has 6 nitrogen and oxygen atoms in total. The highest BCUT2D eigenvalue weighted by molar-refractivity contribution is 7.16. The van der Waals surface area contributed by atoms with Gasteiger partial charge in [-0.15, -0.1) is 11.3 Å². The third-order valence-corrected chi connectivity index (χ3v) is 5.63. The van der Waals surface area contributed by atoms with Gasteiger partial charge < -0.3 is 5.32 Å². The molecule has 2 heterocycles. The quantitative estimate of drug-likeness (QED) is 0.466. The Morgan fingerprint density at radius 3 is 2.73 bits per heavy atom. The van der Waals surface area contributed by atoms with Crippen LogP contribution in [-0.2, 0) is 16.0 Å². The summed E-state index contributed by atoms with van der Waals surface area (Å²) in [6.45, 7) is 1.47. The number of pyridine rings is 1. The second-order valence-corrected chi connectivity index (χ2v) is 7.87. The van der Waals surface area contributed by atoms with Gasteiger partial charge in [-0.1, -0.05) is 29.8 Å². The van der Waals surface area contributed by atoms with Crippen molar-refractivity contribution in [2.45, 2.75) is 13.3 Å². The fraction of sp³-hybridized carbons (Fsp3) is 0.0909. The molecule has 0 bridgehead atoms. The van der Waals surface area contributed by atoms with Crippen molar-refractivity contribution in [1.29, 1.82) is 0 Å². The molecule has 8 heteroatoms. The summed E-state index contributed by atoms with van der Waals surface area (Å²) < 4.78 is 1.04. The average Bonchev–Trinajstić information content (AvgIpc) is 3.18. The molecule has 0 atom stereocenters. The number of fused-ring (bicyclic) bond motifs is 1. The first kappa shape index (κ1) is 20.0. The molecule has 2 aromatic heterocycles. The number of anilines is 3. The zero-order valence-electron chi connectivity index (χ0n) is 16.0. The second kappa shape index (κ2) is 8.61. The first-order valence-corrected chi connectivity index (χ1v) is 10.4. The van der Waals surface area contributed by atoms with Crippen LogP contribution < -0.4 is 10.2 Å². The van der Waals surface area contributed by atoms with Crippen LogP contribution in [0.4, 0.5) is 17.2 Å². The lowest BCUT2D eigenvalue weighted by atomic mass is 10.1. The highest BCUT2D eigenvalue weighted by atomic mass is 35.5. The van der Waals surface area contributed by atoms with Crippen LogP contribution in [0.2, 0.25) is 5.02 Å². The number of benzene rings is 2. The van der Waals surface area contributed by atoms with Crippen LogP contribution >= 0.6 is 22.9 Å². The number of hydrogen-bond donors (Lipinski definition) is 1. The molecule has 0 aliphatic heterocycles. The molecule has 0 aliphatic carbocycles. The van der Waals surface area contributed by atoms with Crippen molar-refractivity contribution in [1.82, 2.24) is 9.97 Å². The molecule has 2 aromatic carbocycles. The Kier molecular flexibility index (Phi) is 5.74. The number of carbonyl (C=O) groups is 2. The van der Waals surface area contributed by atoms with E-state index in [1.807, 2.05) is 36.4 Å². The highest BCUT2D eigenvalue weighted by Crippen LogP contribution is 2.29. The molecule has 0 saturated heterocycles. The first-order chi connectivity index (χ1) is 14.5. The maximum atomic E-state index is 12.5. The minimum atomic E-state index is -0.210. The van der Waals surface area contributed by atoms with Gasteiger partial charge in [0.1, 0.15) is 5.82 Å². The topological polar surface area (TPSA) is 75.2 Å². The molecule has 30 heavy (non-hydrogen) atoms. The molecular formula is C22H17ClN4O2S. The minimum Gasteiger partial charge on any atom is -0.326 e. The van der Waals surface area contributed by atoms with Crippen LogP contribution in [0.5, 0.6) is 0 Å². The maximum Gasteiger partial charge on any atom is 0.229 e. The lowest BCUT2D eigenvalue weighted by molar-refractivity contribution is -0.116. The Hall–Kier alpha value is -3.29. The number of rotatable bonds is 5. The number of amides is 2. The summed E-state index contributed by atoms with van der Waals surface area (Å²) in [4.78, 5) is 35.0. The molecule has 0 spiro atoms. The lowest BCUT2D eigenvalue weighted by Gasteiger charge is -2.21. The third-order valence-electron chi connectivity index (χ3n) is 4.45. The zero-order chi connectivity index (χ0) is 21.1. The Morgan fingerprint density at radius 2 is 1.93 bits per heavy atom. The molecule has 0 radical (unpaired) electrons. The SMILES string of the molecule is CC(=O)N(c1ccc2scnc2c1)c1cc(NC(=O)Cc2ccccc2Cl)ccn1. The van der Waals surface area contributed by atoms with Gasteiger partial charge in [-0.3, -0.25) is 14.5 Å². The molecule has 4 aromatic rings. The Morgan fingerprint density at radius 1 is 1.10 bits per heavy atom. The smallest absolute Gasteiger partial charge is 0.229 e. The predicted molar refractivity (Wildman–Crippen MR) is 120 cm³/mol. The van der Waals surface area contributed by atoms with Gasteiger partial charge in [0.15, 0.2) is 0 Å². The number of hydrogen-bond acceptors (Lipinski definition) is 5. The molecule has 0 aliphatic rings. The Labute approximate surface area is 182 Å². The van der Waals surface area contributed by atoms with Crippen molar-refractivity contribution in [2.24, 2.45) is 0 Å². The van der Waals surface area contributed by atoms with Crippen LogP contribution in [-0.4, -0.2) is 21.8 Å². The Bertz CT molecular complexity index is 1240. The molecule has 0 fully saturated rings. The van der Waals surface area contributed by atoms with E-state index in [0.717, 1.165) is 15.8 Å². The van der Waals surface area contributed by atoms with Gasteiger partial charge in [-0.25, -0.2) is 9.97 Å². The van der Waals surface area contributed by atoms with E-state index in [2.05, 4.69) is 15.3 Å². The largest absolute Gasteiger partial charge is 0.326 e. The zero-order valence-corrected chi connectivity index (χ0v) is 17.6. The van der Waals surface area contributed by atoms with E-state index in [9.17, 15) is 9.59 Å². The molecule has 2 amide bonds. The number of aromatic nitrogens is 2. The van der Waals surface area contributed by atoms with Crippen LogP contribution in [0, 0.1) is 0 Å². The van der Waals surface area contributed by atoms with Crippen molar-refractivity contribution < 1.29 is 9.59 Å². The van der Waals surface area contributed by atoms with Gasteiger partial charge in [-0.05, 0) is 35.9 Å². The summed E-state index contributed by atoms with van der Waals surface area (Å²) in [5.74, 6) is 0.00256. The van der Waals surface area contributed by atoms with Gasteiger partial charge >= 0.3 is 0 Å². The van der Waals surface area contributed by atoms with E-state index in [4.69, 9.17) is 11.6 Å². The van der Waals surface area contributed by atoms with E-state index >= 15 is 0 Å². The summed E-state index contributed by atoms with van der Waals surface area (Å²) in [6, 6.07) is 16.2. The monoisotopic (exact) mass is 436 g/mol. The van der Waals surface area contributed by atoms with E-state index in [-0.39, 0.29) is 18.2 Å². The number of thiazole rings is 1. The van der Waals surface area contributed by atoms with Crippen molar-refractivity contribution in [3.05, 3.63) is 76.9 Å². The fourth-order valence-corrected chi connectivity index (χ4v) is 3.96. The van der Waals surface area contributed by atoms with E-state index in [1.165, 1.54) is 23.2 Å². The summed E-state index contributed by atoms with van der Waals surface area (Å²) in [7, 11) is 0. The van der Waals surface area contributed by atoms with Crippen molar-refractivity contribution in [2.75, 3.05) is 10.2 Å².